The number of hydrogen-bond donors (Lipinski definition) is 2. The van der Waals surface area contributed by atoms with Crippen LogP contribution in [-0.4, -0.2) is 28.4 Å². The average molecular weight is 342 g/mol. The second-order valence-corrected chi connectivity index (χ2v) is 6.10. The summed E-state index contributed by atoms with van der Waals surface area (Å²) in [6.45, 7) is 6.12. The van der Waals surface area contributed by atoms with Gasteiger partial charge in [-0.15, -0.1) is 0 Å². The zero-order valence-electron chi connectivity index (χ0n) is 14.6. The fourth-order valence-electron chi connectivity index (χ4n) is 2.31. The topological polar surface area (TPSA) is 97.2 Å². The van der Waals surface area contributed by atoms with E-state index in [1.54, 1.807) is 18.3 Å². The molecule has 7 heteroatoms. The first kappa shape index (κ1) is 18.4. The van der Waals surface area contributed by atoms with Crippen molar-refractivity contribution in [3.63, 3.8) is 0 Å². The molecule has 7 nitrogen and oxygen atoms in total. The number of amides is 1. The molecule has 0 saturated heterocycles. The number of benzene rings is 1. The standard InChI is InChI=1S/C18H22N4O3/c1-12(2)21-18(23)15-6-7-16(17(10-15)22(24)25)19-9-8-14-5-4-13(3)20-11-14/h4-7,10-12,19H,8-9H2,1-3H3,(H,21,23). The van der Waals surface area contributed by atoms with Gasteiger partial charge in [0.2, 0.25) is 0 Å². The van der Waals surface area contributed by atoms with Crippen LogP contribution in [0.1, 0.15) is 35.5 Å². The van der Waals surface area contributed by atoms with Gasteiger partial charge in [0.25, 0.3) is 11.6 Å². The molecular formula is C18H22N4O3. The van der Waals surface area contributed by atoms with Crippen LogP contribution in [0.5, 0.6) is 0 Å². The Morgan fingerprint density at radius 3 is 2.64 bits per heavy atom. The Balaban J connectivity index is 2.07. The van der Waals surface area contributed by atoms with E-state index in [9.17, 15) is 14.9 Å². The quantitative estimate of drug-likeness (QED) is 0.595. The third-order valence-electron chi connectivity index (χ3n) is 3.58. The molecule has 0 saturated carbocycles. The van der Waals surface area contributed by atoms with Crippen LogP contribution < -0.4 is 10.6 Å². The molecule has 25 heavy (non-hydrogen) atoms. The summed E-state index contributed by atoms with van der Waals surface area (Å²) in [6, 6.07) is 8.33. The second-order valence-electron chi connectivity index (χ2n) is 6.10. The van der Waals surface area contributed by atoms with Crippen LogP contribution in [0.25, 0.3) is 0 Å². The maximum Gasteiger partial charge on any atom is 0.293 e. The van der Waals surface area contributed by atoms with Gasteiger partial charge in [-0.2, -0.15) is 0 Å². The fourth-order valence-corrected chi connectivity index (χ4v) is 2.31. The molecule has 2 aromatic rings. The summed E-state index contributed by atoms with van der Waals surface area (Å²) in [7, 11) is 0. The number of hydrogen-bond acceptors (Lipinski definition) is 5. The van der Waals surface area contributed by atoms with Crippen LogP contribution in [-0.2, 0) is 6.42 Å². The SMILES string of the molecule is Cc1ccc(CCNc2ccc(C(=O)NC(C)C)cc2[N+](=O)[O-])cn1. The lowest BCUT2D eigenvalue weighted by Gasteiger charge is -2.11. The lowest BCUT2D eigenvalue weighted by molar-refractivity contribution is -0.384. The van der Waals surface area contributed by atoms with Crippen molar-refractivity contribution in [3.05, 3.63) is 63.5 Å². The van der Waals surface area contributed by atoms with Crippen molar-refractivity contribution in [2.24, 2.45) is 0 Å². The highest BCUT2D eigenvalue weighted by Gasteiger charge is 2.17. The molecule has 0 fully saturated rings. The molecule has 1 aromatic carbocycles. The molecule has 0 spiro atoms. The first-order chi connectivity index (χ1) is 11.9. The highest BCUT2D eigenvalue weighted by molar-refractivity contribution is 5.95. The molecule has 2 N–H and O–H groups in total. The van der Waals surface area contributed by atoms with Gasteiger partial charge >= 0.3 is 0 Å². The van der Waals surface area contributed by atoms with Crippen LogP contribution >= 0.6 is 0 Å². The molecule has 0 atom stereocenters. The Morgan fingerprint density at radius 1 is 1.28 bits per heavy atom. The molecule has 2 rings (SSSR count). The van der Waals surface area contributed by atoms with Gasteiger partial charge in [0.05, 0.1) is 4.92 Å². The number of anilines is 1. The third kappa shape index (κ3) is 5.27. The van der Waals surface area contributed by atoms with E-state index in [4.69, 9.17) is 0 Å². The number of carbonyl (C=O) groups excluding carboxylic acids is 1. The average Bonchev–Trinajstić information content (AvgIpc) is 2.56. The van der Waals surface area contributed by atoms with Gasteiger partial charge in [0, 0.05) is 36.1 Å². The highest BCUT2D eigenvalue weighted by Crippen LogP contribution is 2.25. The second kappa shape index (κ2) is 8.23. The summed E-state index contributed by atoms with van der Waals surface area (Å²) < 4.78 is 0. The number of carbonyl (C=O) groups is 1. The van der Waals surface area contributed by atoms with E-state index in [1.807, 2.05) is 32.9 Å². The van der Waals surface area contributed by atoms with Crippen LogP contribution in [0.2, 0.25) is 0 Å². The lowest BCUT2D eigenvalue weighted by Crippen LogP contribution is -2.30. The van der Waals surface area contributed by atoms with Gasteiger partial charge < -0.3 is 10.6 Å². The van der Waals surface area contributed by atoms with Crippen LogP contribution in [0.3, 0.4) is 0 Å². The number of rotatable bonds is 7. The van der Waals surface area contributed by atoms with E-state index >= 15 is 0 Å². The molecule has 0 aliphatic rings. The largest absolute Gasteiger partial charge is 0.379 e. The number of pyridine rings is 1. The minimum Gasteiger partial charge on any atom is -0.379 e. The molecule has 0 aliphatic carbocycles. The summed E-state index contributed by atoms with van der Waals surface area (Å²) in [5.41, 5.74) is 2.55. The zero-order valence-corrected chi connectivity index (χ0v) is 14.6. The minimum atomic E-state index is -0.484. The number of aromatic nitrogens is 1. The predicted octanol–water partition coefficient (Wildman–Crippen LogP) is 3.09. The Bertz CT molecular complexity index is 757. The predicted molar refractivity (Wildman–Crippen MR) is 96.9 cm³/mol. The van der Waals surface area contributed by atoms with Gasteiger partial charge in [-0.05, 0) is 51.0 Å². The smallest absolute Gasteiger partial charge is 0.293 e. The molecule has 0 aliphatic heterocycles. The number of nitro benzene ring substituents is 1. The maximum atomic E-state index is 12.0. The van der Waals surface area contributed by atoms with E-state index in [0.29, 0.717) is 18.7 Å². The van der Waals surface area contributed by atoms with Crippen molar-refractivity contribution in [3.8, 4) is 0 Å². The van der Waals surface area contributed by atoms with E-state index in [-0.39, 0.29) is 23.2 Å². The van der Waals surface area contributed by atoms with Crippen molar-refractivity contribution in [2.75, 3.05) is 11.9 Å². The fraction of sp³-hybridized carbons (Fsp3) is 0.333. The van der Waals surface area contributed by atoms with E-state index in [1.165, 1.54) is 6.07 Å². The van der Waals surface area contributed by atoms with Gasteiger partial charge in [0.15, 0.2) is 0 Å². The van der Waals surface area contributed by atoms with Crippen LogP contribution in [0.4, 0.5) is 11.4 Å². The number of nitro groups is 1. The Hall–Kier alpha value is -2.96. The first-order valence-electron chi connectivity index (χ1n) is 8.11. The van der Waals surface area contributed by atoms with Crippen molar-refractivity contribution in [2.45, 2.75) is 33.2 Å². The molecular weight excluding hydrogens is 320 g/mol. The summed E-state index contributed by atoms with van der Waals surface area (Å²) >= 11 is 0. The van der Waals surface area contributed by atoms with E-state index in [0.717, 1.165) is 11.3 Å². The molecule has 1 heterocycles. The summed E-state index contributed by atoms with van der Waals surface area (Å²) in [6.07, 6.45) is 2.49. The lowest BCUT2D eigenvalue weighted by atomic mass is 10.1. The highest BCUT2D eigenvalue weighted by atomic mass is 16.6. The molecule has 132 valence electrons. The number of aryl methyl sites for hydroxylation is 1. The zero-order chi connectivity index (χ0) is 18.4. The van der Waals surface area contributed by atoms with Gasteiger partial charge in [0.1, 0.15) is 5.69 Å². The summed E-state index contributed by atoms with van der Waals surface area (Å²) in [5, 5.41) is 17.1. The van der Waals surface area contributed by atoms with Crippen LogP contribution in [0.15, 0.2) is 36.5 Å². The van der Waals surface area contributed by atoms with Crippen molar-refractivity contribution < 1.29 is 9.72 Å². The van der Waals surface area contributed by atoms with Crippen LogP contribution in [0, 0.1) is 17.0 Å². The van der Waals surface area contributed by atoms with E-state index < -0.39 is 4.92 Å². The Labute approximate surface area is 146 Å². The number of nitrogens with one attached hydrogen (secondary N) is 2. The van der Waals surface area contributed by atoms with Gasteiger partial charge in [-0.1, -0.05) is 6.07 Å². The van der Waals surface area contributed by atoms with E-state index in [2.05, 4.69) is 15.6 Å². The molecule has 1 aromatic heterocycles. The molecule has 0 radical (unpaired) electrons. The van der Waals surface area contributed by atoms with Gasteiger partial charge in [-0.3, -0.25) is 19.9 Å². The maximum absolute atomic E-state index is 12.0. The van der Waals surface area contributed by atoms with Crippen molar-refractivity contribution in [1.82, 2.24) is 10.3 Å². The van der Waals surface area contributed by atoms with Crippen molar-refractivity contribution in [1.29, 1.82) is 0 Å². The normalized spacial score (nSPS) is 10.6. The molecule has 1 amide bonds. The monoisotopic (exact) mass is 342 g/mol. The number of nitrogens with zero attached hydrogens (tertiary/aromatic N) is 2. The van der Waals surface area contributed by atoms with Gasteiger partial charge in [-0.25, -0.2) is 0 Å². The summed E-state index contributed by atoms with van der Waals surface area (Å²) in [4.78, 5) is 27.1. The molecule has 0 bridgehead atoms. The Morgan fingerprint density at radius 2 is 2.04 bits per heavy atom. The Kier molecular flexibility index (Phi) is 6.05. The first-order valence-corrected chi connectivity index (χ1v) is 8.11. The van der Waals surface area contributed by atoms with Crippen molar-refractivity contribution >= 4 is 17.3 Å². The molecule has 0 unspecified atom stereocenters. The third-order valence-corrected chi connectivity index (χ3v) is 3.58. The summed E-state index contributed by atoms with van der Waals surface area (Å²) in [5.74, 6) is -0.324. The minimum absolute atomic E-state index is 0.0347.